The number of thiazole rings is 1. The minimum atomic E-state index is -0.253. The van der Waals surface area contributed by atoms with Crippen LogP contribution in [-0.4, -0.2) is 75.4 Å². The van der Waals surface area contributed by atoms with E-state index in [0.29, 0.717) is 28.4 Å². The standard InChI is InChI=1S/C25H31N7O3S2/c1-2-35-23-16-26-14-21(29-23)22-15-28-25(36-22)24(33)30-19(6-8-32-9-11-34-12-10-32)20-13-17(5-7-27-20)31-37-18-3-4-18/h5,7,13-16,18-19H,2-4,6,8-12H2,1H3,(H,27,31)(H,30,33). The molecule has 1 atom stereocenters. The van der Waals surface area contributed by atoms with Gasteiger partial charge in [0.05, 0.1) is 48.8 Å². The summed E-state index contributed by atoms with van der Waals surface area (Å²) in [5.74, 6) is 0.214. The fourth-order valence-corrected chi connectivity index (χ4v) is 5.45. The third-order valence-corrected chi connectivity index (χ3v) is 8.18. The Morgan fingerprint density at radius 3 is 2.95 bits per heavy atom. The maximum absolute atomic E-state index is 13.3. The van der Waals surface area contributed by atoms with Crippen molar-refractivity contribution in [2.24, 2.45) is 0 Å². The number of morpholine rings is 1. The number of nitrogens with one attached hydrogen (secondary N) is 2. The fourth-order valence-electron chi connectivity index (χ4n) is 3.87. The summed E-state index contributed by atoms with van der Waals surface area (Å²) in [7, 11) is 0. The summed E-state index contributed by atoms with van der Waals surface area (Å²) in [6.07, 6.45) is 9.91. The van der Waals surface area contributed by atoms with Crippen LogP contribution in [0.1, 0.15) is 47.7 Å². The molecule has 0 bridgehead atoms. The first kappa shape index (κ1) is 25.8. The molecule has 3 aromatic rings. The van der Waals surface area contributed by atoms with Crippen molar-refractivity contribution in [3.63, 3.8) is 0 Å². The van der Waals surface area contributed by atoms with Crippen LogP contribution in [0.4, 0.5) is 5.69 Å². The van der Waals surface area contributed by atoms with Gasteiger partial charge in [-0.05, 0) is 50.3 Å². The van der Waals surface area contributed by atoms with E-state index in [1.807, 2.05) is 19.1 Å². The minimum absolute atomic E-state index is 0.232. The number of hydrogen-bond acceptors (Lipinski definition) is 11. The lowest BCUT2D eigenvalue weighted by atomic mass is 10.1. The van der Waals surface area contributed by atoms with Crippen molar-refractivity contribution < 1.29 is 14.3 Å². The Morgan fingerprint density at radius 2 is 2.14 bits per heavy atom. The summed E-state index contributed by atoms with van der Waals surface area (Å²) >= 11 is 3.03. The zero-order chi connectivity index (χ0) is 25.5. The summed E-state index contributed by atoms with van der Waals surface area (Å²) < 4.78 is 14.4. The van der Waals surface area contributed by atoms with Crippen LogP contribution in [0.3, 0.4) is 0 Å². The van der Waals surface area contributed by atoms with Crippen LogP contribution in [0.25, 0.3) is 10.6 Å². The number of anilines is 1. The Hall–Kier alpha value is -2.80. The lowest BCUT2D eigenvalue weighted by molar-refractivity contribution is 0.0359. The van der Waals surface area contributed by atoms with Gasteiger partial charge in [-0.15, -0.1) is 11.3 Å². The molecule has 0 spiro atoms. The van der Waals surface area contributed by atoms with E-state index < -0.39 is 0 Å². The molecule has 1 saturated heterocycles. The van der Waals surface area contributed by atoms with Gasteiger partial charge in [0.2, 0.25) is 5.88 Å². The predicted molar refractivity (Wildman–Crippen MR) is 145 cm³/mol. The van der Waals surface area contributed by atoms with E-state index in [4.69, 9.17) is 9.47 Å². The highest BCUT2D eigenvalue weighted by molar-refractivity contribution is 8.01. The first-order valence-electron chi connectivity index (χ1n) is 12.6. The number of hydrogen-bond donors (Lipinski definition) is 2. The van der Waals surface area contributed by atoms with Gasteiger partial charge >= 0.3 is 0 Å². The zero-order valence-electron chi connectivity index (χ0n) is 20.8. The molecule has 1 saturated carbocycles. The number of carbonyl (C=O) groups is 1. The lowest BCUT2D eigenvalue weighted by Gasteiger charge is -2.28. The van der Waals surface area contributed by atoms with Gasteiger partial charge in [0.25, 0.3) is 5.91 Å². The van der Waals surface area contributed by atoms with Crippen molar-refractivity contribution in [3.8, 4) is 16.5 Å². The third kappa shape index (κ3) is 7.37. The molecule has 0 aromatic carbocycles. The van der Waals surface area contributed by atoms with E-state index in [1.165, 1.54) is 24.2 Å². The van der Waals surface area contributed by atoms with Gasteiger partial charge in [0.15, 0.2) is 5.01 Å². The Labute approximate surface area is 224 Å². The van der Waals surface area contributed by atoms with Gasteiger partial charge in [-0.1, -0.05) is 0 Å². The number of aromatic nitrogens is 4. The Morgan fingerprint density at radius 1 is 1.27 bits per heavy atom. The molecule has 1 aliphatic heterocycles. The SMILES string of the molecule is CCOc1cncc(-c2cnc(C(=O)NC(CCN3CCOCC3)c3cc(NSC4CC4)ccn3)s2)n1. The highest BCUT2D eigenvalue weighted by atomic mass is 32.2. The van der Waals surface area contributed by atoms with Crippen molar-refractivity contribution in [3.05, 3.63) is 47.6 Å². The largest absolute Gasteiger partial charge is 0.477 e. The Kier molecular flexibility index (Phi) is 8.82. The second kappa shape index (κ2) is 12.6. The smallest absolute Gasteiger partial charge is 0.280 e. The normalized spacial score (nSPS) is 16.8. The molecule has 1 amide bonds. The fraction of sp³-hybridized carbons (Fsp3) is 0.480. The molecule has 10 nitrogen and oxygen atoms in total. The monoisotopic (exact) mass is 541 g/mol. The van der Waals surface area contributed by atoms with Crippen molar-refractivity contribution in [1.29, 1.82) is 0 Å². The van der Waals surface area contributed by atoms with Gasteiger partial charge in [-0.25, -0.2) is 9.97 Å². The highest BCUT2D eigenvalue weighted by Crippen LogP contribution is 2.34. The molecule has 4 heterocycles. The molecule has 37 heavy (non-hydrogen) atoms. The molecule has 1 aliphatic carbocycles. The Bertz CT molecular complexity index is 1180. The van der Waals surface area contributed by atoms with Crippen LogP contribution >= 0.6 is 23.3 Å². The number of rotatable bonds is 12. The van der Waals surface area contributed by atoms with E-state index in [0.717, 1.165) is 55.5 Å². The van der Waals surface area contributed by atoms with Crippen molar-refractivity contribution in [2.45, 2.75) is 37.5 Å². The van der Waals surface area contributed by atoms with Crippen molar-refractivity contribution >= 4 is 34.9 Å². The predicted octanol–water partition coefficient (Wildman–Crippen LogP) is 3.81. The van der Waals surface area contributed by atoms with E-state index in [2.05, 4.69) is 34.9 Å². The number of nitrogens with zero attached hydrogens (tertiary/aromatic N) is 5. The van der Waals surface area contributed by atoms with E-state index in [-0.39, 0.29) is 11.9 Å². The number of pyridine rings is 1. The van der Waals surface area contributed by atoms with Gasteiger partial charge in [0, 0.05) is 43.0 Å². The zero-order valence-corrected chi connectivity index (χ0v) is 22.4. The second-order valence-corrected chi connectivity index (χ2v) is 11.0. The summed E-state index contributed by atoms with van der Waals surface area (Å²) in [4.78, 5) is 34.1. The molecular weight excluding hydrogens is 510 g/mol. The van der Waals surface area contributed by atoms with Gasteiger partial charge in [0.1, 0.15) is 5.69 Å². The topological polar surface area (TPSA) is 114 Å². The van der Waals surface area contributed by atoms with Gasteiger partial charge in [-0.3, -0.25) is 19.7 Å². The molecule has 12 heteroatoms. The number of carbonyl (C=O) groups excluding carboxylic acids is 1. The molecule has 2 fully saturated rings. The first-order chi connectivity index (χ1) is 18.2. The number of ether oxygens (including phenoxy) is 2. The van der Waals surface area contributed by atoms with Crippen LogP contribution < -0.4 is 14.8 Å². The third-order valence-electron chi connectivity index (χ3n) is 6.01. The molecule has 0 radical (unpaired) electrons. The van der Waals surface area contributed by atoms with E-state index >= 15 is 0 Å². The minimum Gasteiger partial charge on any atom is -0.477 e. The van der Waals surface area contributed by atoms with E-state index in [9.17, 15) is 4.79 Å². The maximum atomic E-state index is 13.3. The average Bonchev–Trinajstić information content (AvgIpc) is 3.63. The molecule has 3 aromatic heterocycles. The number of amides is 1. The Balaban J connectivity index is 1.29. The lowest BCUT2D eigenvalue weighted by Crippen LogP contribution is -2.39. The maximum Gasteiger partial charge on any atom is 0.280 e. The van der Waals surface area contributed by atoms with Crippen LogP contribution in [0.5, 0.6) is 5.88 Å². The van der Waals surface area contributed by atoms with Crippen molar-refractivity contribution in [1.82, 2.24) is 30.2 Å². The molecule has 196 valence electrons. The second-order valence-electron chi connectivity index (χ2n) is 8.86. The molecule has 2 N–H and O–H groups in total. The summed E-state index contributed by atoms with van der Waals surface area (Å²) in [5, 5.41) is 4.24. The summed E-state index contributed by atoms with van der Waals surface area (Å²) in [6.45, 7) is 6.50. The average molecular weight is 542 g/mol. The summed E-state index contributed by atoms with van der Waals surface area (Å²) in [6, 6.07) is 3.74. The van der Waals surface area contributed by atoms with Crippen molar-refractivity contribution in [2.75, 3.05) is 44.2 Å². The van der Waals surface area contributed by atoms with Crippen LogP contribution in [0.2, 0.25) is 0 Å². The quantitative estimate of drug-likeness (QED) is 0.328. The molecule has 1 unspecified atom stereocenters. The molecular formula is C25H31N7O3S2. The molecule has 2 aliphatic rings. The van der Waals surface area contributed by atoms with Gasteiger partial charge in [-0.2, -0.15) is 0 Å². The summed E-state index contributed by atoms with van der Waals surface area (Å²) in [5.41, 5.74) is 2.45. The molecule has 5 rings (SSSR count). The van der Waals surface area contributed by atoms with Crippen LogP contribution in [0, 0.1) is 0 Å². The van der Waals surface area contributed by atoms with Gasteiger partial charge < -0.3 is 19.5 Å². The highest BCUT2D eigenvalue weighted by Gasteiger charge is 2.24. The van der Waals surface area contributed by atoms with Crippen LogP contribution in [-0.2, 0) is 4.74 Å². The van der Waals surface area contributed by atoms with E-state index in [1.54, 1.807) is 36.7 Å². The van der Waals surface area contributed by atoms with Crippen LogP contribution in [0.15, 0.2) is 36.9 Å². The first-order valence-corrected chi connectivity index (χ1v) is 14.3.